The van der Waals surface area contributed by atoms with Gasteiger partial charge in [-0.25, -0.2) is 0 Å². The maximum atomic E-state index is 12.4. The Hall–Kier alpha value is -2.59. The van der Waals surface area contributed by atoms with E-state index in [9.17, 15) is 4.79 Å². The zero-order valence-corrected chi connectivity index (χ0v) is 16.2. The molecule has 0 aliphatic rings. The van der Waals surface area contributed by atoms with Crippen LogP contribution in [0.3, 0.4) is 0 Å². The van der Waals surface area contributed by atoms with Gasteiger partial charge >= 0.3 is 0 Å². The molecule has 1 heterocycles. The first-order chi connectivity index (χ1) is 12.5. The fourth-order valence-electron chi connectivity index (χ4n) is 2.61. The van der Waals surface area contributed by atoms with Crippen molar-refractivity contribution < 1.29 is 9.53 Å². The number of hydrogen-bond acceptors (Lipinski definition) is 3. The summed E-state index contributed by atoms with van der Waals surface area (Å²) in [4.78, 5) is 13.1. The molecule has 0 aliphatic carbocycles. The third-order valence-corrected chi connectivity index (χ3v) is 5.21. The van der Waals surface area contributed by atoms with Crippen LogP contribution in [0.4, 0.5) is 5.69 Å². The molecule has 1 N–H and O–H groups in total. The molecule has 1 amide bonds. The molecule has 4 heteroatoms. The maximum Gasteiger partial charge on any atom is 0.265 e. The Kier molecular flexibility index (Phi) is 5.74. The lowest BCUT2D eigenvalue weighted by molar-refractivity contribution is 0.103. The van der Waals surface area contributed by atoms with Crippen LogP contribution >= 0.6 is 11.3 Å². The first kappa shape index (κ1) is 18.2. The largest absolute Gasteiger partial charge is 0.489 e. The van der Waals surface area contributed by atoms with Gasteiger partial charge in [0.05, 0.1) is 4.88 Å². The lowest BCUT2D eigenvalue weighted by Crippen LogP contribution is -2.10. The van der Waals surface area contributed by atoms with Gasteiger partial charge < -0.3 is 10.1 Å². The summed E-state index contributed by atoms with van der Waals surface area (Å²) in [6, 6.07) is 16.0. The standard InChI is InChI=1S/C22H23NO2S/c1-4-17-7-9-19(10-8-17)23-22(24)21-12-18(14-26-21)13-25-20-11-15(2)5-6-16(20)3/h5-12,14H,4,13H2,1-3H3,(H,23,24). The quantitative estimate of drug-likeness (QED) is 0.603. The molecule has 3 aromatic rings. The van der Waals surface area contributed by atoms with E-state index in [1.54, 1.807) is 0 Å². The van der Waals surface area contributed by atoms with Gasteiger partial charge in [0.25, 0.3) is 5.91 Å². The minimum atomic E-state index is -0.0859. The van der Waals surface area contributed by atoms with E-state index in [0.717, 1.165) is 29.0 Å². The van der Waals surface area contributed by atoms with Crippen molar-refractivity contribution in [2.45, 2.75) is 33.8 Å². The SMILES string of the molecule is CCc1ccc(NC(=O)c2cc(COc3cc(C)ccc3C)cs2)cc1. The van der Waals surface area contributed by atoms with E-state index >= 15 is 0 Å². The van der Waals surface area contributed by atoms with Crippen LogP contribution in [0.5, 0.6) is 5.75 Å². The molecule has 1 aromatic heterocycles. The molecule has 0 saturated heterocycles. The third kappa shape index (κ3) is 4.52. The van der Waals surface area contributed by atoms with Crippen LogP contribution in [-0.4, -0.2) is 5.91 Å². The van der Waals surface area contributed by atoms with Gasteiger partial charge in [-0.15, -0.1) is 11.3 Å². The number of carbonyl (C=O) groups excluding carboxylic acids is 1. The molecule has 0 bridgehead atoms. The van der Waals surface area contributed by atoms with Gasteiger partial charge in [-0.2, -0.15) is 0 Å². The first-order valence-corrected chi connectivity index (χ1v) is 9.61. The number of hydrogen-bond donors (Lipinski definition) is 1. The van der Waals surface area contributed by atoms with Gasteiger partial charge in [0, 0.05) is 11.3 Å². The normalized spacial score (nSPS) is 10.6. The highest BCUT2D eigenvalue weighted by Gasteiger charge is 2.10. The number of carbonyl (C=O) groups is 1. The van der Waals surface area contributed by atoms with Crippen molar-refractivity contribution in [1.82, 2.24) is 0 Å². The molecule has 0 fully saturated rings. The summed E-state index contributed by atoms with van der Waals surface area (Å²) in [7, 11) is 0. The summed E-state index contributed by atoms with van der Waals surface area (Å²) in [5.74, 6) is 0.801. The average molecular weight is 365 g/mol. The molecule has 134 valence electrons. The smallest absolute Gasteiger partial charge is 0.265 e. The summed E-state index contributed by atoms with van der Waals surface area (Å²) >= 11 is 1.44. The van der Waals surface area contributed by atoms with Crippen LogP contribution in [0.2, 0.25) is 0 Å². The van der Waals surface area contributed by atoms with Crippen molar-refractivity contribution in [3.05, 3.63) is 81.0 Å². The minimum Gasteiger partial charge on any atom is -0.489 e. The second kappa shape index (κ2) is 8.19. The van der Waals surface area contributed by atoms with Crippen molar-refractivity contribution >= 4 is 22.9 Å². The molecule has 0 atom stereocenters. The van der Waals surface area contributed by atoms with Gasteiger partial charge in [0.1, 0.15) is 12.4 Å². The van der Waals surface area contributed by atoms with Crippen molar-refractivity contribution in [3.8, 4) is 5.75 Å². The Bertz CT molecular complexity index is 897. The predicted molar refractivity (Wildman–Crippen MR) is 108 cm³/mol. The van der Waals surface area contributed by atoms with Crippen molar-refractivity contribution in [2.75, 3.05) is 5.32 Å². The zero-order valence-electron chi connectivity index (χ0n) is 15.3. The van der Waals surface area contributed by atoms with Gasteiger partial charge in [-0.1, -0.05) is 31.2 Å². The number of aryl methyl sites for hydroxylation is 3. The minimum absolute atomic E-state index is 0.0859. The van der Waals surface area contributed by atoms with Crippen LogP contribution in [0.25, 0.3) is 0 Å². The van der Waals surface area contributed by atoms with E-state index in [4.69, 9.17) is 4.74 Å². The molecule has 3 rings (SSSR count). The van der Waals surface area contributed by atoms with Crippen LogP contribution in [0.1, 0.15) is 38.8 Å². The van der Waals surface area contributed by atoms with Gasteiger partial charge in [-0.3, -0.25) is 4.79 Å². The fraction of sp³-hybridized carbons (Fsp3) is 0.227. The molecule has 0 aliphatic heterocycles. The van der Waals surface area contributed by atoms with E-state index < -0.39 is 0 Å². The topological polar surface area (TPSA) is 38.3 Å². The molecule has 0 spiro atoms. The molecule has 3 nitrogen and oxygen atoms in total. The molecular formula is C22H23NO2S. The van der Waals surface area contributed by atoms with Crippen LogP contribution in [0, 0.1) is 13.8 Å². The van der Waals surface area contributed by atoms with Gasteiger partial charge in [0.2, 0.25) is 0 Å². The Morgan fingerprint density at radius 3 is 2.54 bits per heavy atom. The summed E-state index contributed by atoms with van der Waals surface area (Å²) in [6.07, 6.45) is 0.989. The lowest BCUT2D eigenvalue weighted by Gasteiger charge is -2.09. The molecule has 2 aromatic carbocycles. The lowest BCUT2D eigenvalue weighted by atomic mass is 10.1. The molecule has 26 heavy (non-hydrogen) atoms. The molecule has 0 saturated carbocycles. The van der Waals surface area contributed by atoms with Crippen molar-refractivity contribution in [2.24, 2.45) is 0 Å². The zero-order chi connectivity index (χ0) is 18.5. The number of nitrogens with one attached hydrogen (secondary N) is 1. The Labute approximate surface area is 158 Å². The monoisotopic (exact) mass is 365 g/mol. The highest BCUT2D eigenvalue weighted by molar-refractivity contribution is 7.12. The summed E-state index contributed by atoms with van der Waals surface area (Å²) < 4.78 is 5.92. The Morgan fingerprint density at radius 1 is 1.04 bits per heavy atom. The van der Waals surface area contributed by atoms with Gasteiger partial charge in [0.15, 0.2) is 0 Å². The van der Waals surface area contributed by atoms with Crippen LogP contribution < -0.4 is 10.1 Å². The average Bonchev–Trinajstić information content (AvgIpc) is 3.12. The first-order valence-electron chi connectivity index (χ1n) is 8.73. The second-order valence-corrected chi connectivity index (χ2v) is 7.29. The number of anilines is 1. The predicted octanol–water partition coefficient (Wildman–Crippen LogP) is 5.76. The number of rotatable bonds is 6. The van der Waals surface area contributed by atoms with E-state index in [-0.39, 0.29) is 5.91 Å². The van der Waals surface area contributed by atoms with E-state index in [0.29, 0.717) is 11.5 Å². The molecule has 0 radical (unpaired) electrons. The summed E-state index contributed by atoms with van der Waals surface area (Å²) in [6.45, 7) is 6.65. The number of ether oxygens (including phenoxy) is 1. The van der Waals surface area contributed by atoms with Crippen LogP contribution in [-0.2, 0) is 13.0 Å². The van der Waals surface area contributed by atoms with Crippen LogP contribution in [0.15, 0.2) is 53.9 Å². The Balaban J connectivity index is 1.61. The second-order valence-electron chi connectivity index (χ2n) is 6.38. The summed E-state index contributed by atoms with van der Waals surface area (Å²) in [5.41, 5.74) is 5.35. The molecule has 0 unspecified atom stereocenters. The molecular weight excluding hydrogens is 342 g/mol. The highest BCUT2D eigenvalue weighted by atomic mass is 32.1. The fourth-order valence-corrected chi connectivity index (χ4v) is 3.40. The number of amides is 1. The number of thiophene rings is 1. The highest BCUT2D eigenvalue weighted by Crippen LogP contribution is 2.23. The summed E-state index contributed by atoms with van der Waals surface area (Å²) in [5, 5.41) is 4.92. The number of benzene rings is 2. The Morgan fingerprint density at radius 2 is 1.81 bits per heavy atom. The van der Waals surface area contributed by atoms with E-state index in [2.05, 4.69) is 24.4 Å². The maximum absolute atomic E-state index is 12.4. The van der Waals surface area contributed by atoms with E-state index in [1.165, 1.54) is 22.5 Å². The van der Waals surface area contributed by atoms with Gasteiger partial charge in [-0.05, 0) is 66.6 Å². The van der Waals surface area contributed by atoms with E-state index in [1.807, 2.05) is 55.6 Å². The van der Waals surface area contributed by atoms with Crippen molar-refractivity contribution in [3.63, 3.8) is 0 Å². The third-order valence-electron chi connectivity index (χ3n) is 4.24. The van der Waals surface area contributed by atoms with Crippen molar-refractivity contribution in [1.29, 1.82) is 0 Å².